The van der Waals surface area contributed by atoms with Crippen LogP contribution in [0.25, 0.3) is 0 Å². The Kier molecular flexibility index (Phi) is 16.8. The van der Waals surface area contributed by atoms with Crippen LogP contribution in [-0.2, 0) is 11.7 Å². The van der Waals surface area contributed by atoms with Crippen molar-refractivity contribution >= 4 is 24.2 Å². The van der Waals surface area contributed by atoms with Crippen LogP contribution in [0, 0.1) is 0 Å². The second kappa shape index (κ2) is 17.6. The fourth-order valence-electron chi connectivity index (χ4n) is 2.89. The third-order valence-electron chi connectivity index (χ3n) is 4.38. The summed E-state index contributed by atoms with van der Waals surface area (Å²) in [6.45, 7) is 3.09. The van der Waals surface area contributed by atoms with Crippen LogP contribution in [0.2, 0.25) is 0 Å². The van der Waals surface area contributed by atoms with E-state index in [9.17, 15) is 0 Å². The van der Waals surface area contributed by atoms with Crippen LogP contribution in [0.5, 0.6) is 0 Å². The second-order valence-electron chi connectivity index (χ2n) is 6.58. The first kappa shape index (κ1) is 21.9. The minimum atomic E-state index is -0.914. The van der Waals surface area contributed by atoms with Gasteiger partial charge in [-0.2, -0.15) is 0 Å². The standard InChI is InChI=1S/C18H37O3PSe/c1-2-3-4-5-6-7-8-9-10-11-12-13-14-15-16-17-18-19-22-20-23-21-22/h2-18H2,1H3. The summed E-state index contributed by atoms with van der Waals surface area (Å²) < 4.78 is 15.7. The van der Waals surface area contributed by atoms with Crippen LogP contribution in [0.15, 0.2) is 0 Å². The molecule has 1 rings (SSSR count). The fourth-order valence-corrected chi connectivity index (χ4v) is 4.60. The molecule has 23 heavy (non-hydrogen) atoms. The molecule has 0 amide bonds. The first-order valence-electron chi connectivity index (χ1n) is 9.88. The molecule has 0 aromatic rings. The molecule has 0 aliphatic carbocycles. The van der Waals surface area contributed by atoms with E-state index in [-0.39, 0.29) is 15.6 Å². The van der Waals surface area contributed by atoms with E-state index in [0.29, 0.717) is 0 Å². The van der Waals surface area contributed by atoms with Gasteiger partial charge in [0.1, 0.15) is 0 Å². The van der Waals surface area contributed by atoms with Gasteiger partial charge in [-0.3, -0.25) is 0 Å². The number of rotatable bonds is 18. The Balaban J connectivity index is 1.61. The molecule has 1 aliphatic rings. The van der Waals surface area contributed by atoms with Crippen LogP contribution in [-0.4, -0.2) is 22.2 Å². The molecule has 0 radical (unpaired) electrons. The molecule has 5 heteroatoms. The van der Waals surface area contributed by atoms with Gasteiger partial charge in [0.15, 0.2) is 0 Å². The molecule has 0 unspecified atom stereocenters. The topological polar surface area (TPSA) is 27.7 Å². The molecule has 1 aliphatic heterocycles. The first-order valence-corrected chi connectivity index (χ1v) is 12.4. The van der Waals surface area contributed by atoms with Gasteiger partial charge in [0.05, 0.1) is 0 Å². The van der Waals surface area contributed by atoms with Crippen LogP contribution in [0.1, 0.15) is 110 Å². The molecular weight excluding hydrogens is 374 g/mol. The van der Waals surface area contributed by atoms with E-state index in [1.165, 1.54) is 96.3 Å². The van der Waals surface area contributed by atoms with E-state index in [2.05, 4.69) is 6.92 Å². The Bertz CT molecular complexity index is 240. The summed E-state index contributed by atoms with van der Waals surface area (Å²) in [5.41, 5.74) is 0. The Morgan fingerprint density at radius 3 is 1.35 bits per heavy atom. The summed E-state index contributed by atoms with van der Waals surface area (Å²) in [6, 6.07) is 0. The van der Waals surface area contributed by atoms with Gasteiger partial charge >= 0.3 is 93.9 Å². The predicted molar refractivity (Wildman–Crippen MR) is 100 cm³/mol. The summed E-state index contributed by atoms with van der Waals surface area (Å²) in [7, 11) is -0.914. The van der Waals surface area contributed by atoms with Crippen molar-refractivity contribution in [2.24, 2.45) is 0 Å². The Morgan fingerprint density at radius 1 is 0.609 bits per heavy atom. The molecule has 138 valence electrons. The van der Waals surface area contributed by atoms with E-state index in [4.69, 9.17) is 11.7 Å². The van der Waals surface area contributed by atoms with Crippen LogP contribution < -0.4 is 0 Å². The van der Waals surface area contributed by atoms with E-state index in [0.717, 1.165) is 13.0 Å². The second-order valence-corrected chi connectivity index (χ2v) is 9.74. The molecule has 0 atom stereocenters. The van der Waals surface area contributed by atoms with Crippen LogP contribution >= 0.6 is 8.60 Å². The number of hydrogen-bond acceptors (Lipinski definition) is 3. The molecule has 0 aromatic heterocycles. The van der Waals surface area contributed by atoms with Gasteiger partial charge < -0.3 is 0 Å². The summed E-state index contributed by atoms with van der Waals surface area (Å²) >= 11 is -0.0413. The molecular formula is C18H37O3PSe. The monoisotopic (exact) mass is 412 g/mol. The third kappa shape index (κ3) is 14.8. The maximum atomic E-state index is 5.43. The summed E-state index contributed by atoms with van der Waals surface area (Å²) in [6.07, 6.45) is 22.5. The maximum absolute atomic E-state index is 5.43. The van der Waals surface area contributed by atoms with Crippen molar-refractivity contribution in [2.45, 2.75) is 110 Å². The van der Waals surface area contributed by atoms with Crippen molar-refractivity contribution in [3.8, 4) is 0 Å². The van der Waals surface area contributed by atoms with Gasteiger partial charge in [-0.1, -0.05) is 58.3 Å². The molecule has 1 fully saturated rings. The third-order valence-corrected chi connectivity index (χ3v) is 7.43. The van der Waals surface area contributed by atoms with Gasteiger partial charge in [-0.05, 0) is 0 Å². The molecule has 0 N–H and O–H groups in total. The minimum absolute atomic E-state index is 0.0413. The molecule has 3 nitrogen and oxygen atoms in total. The first-order chi connectivity index (χ1) is 11.4. The zero-order valence-electron chi connectivity index (χ0n) is 15.1. The number of hydrogen-bond donors (Lipinski definition) is 0. The fraction of sp³-hybridized carbons (Fsp3) is 1.00. The zero-order valence-corrected chi connectivity index (χ0v) is 17.7. The molecule has 0 saturated carbocycles. The molecule has 1 heterocycles. The van der Waals surface area contributed by atoms with Crippen LogP contribution in [0.3, 0.4) is 0 Å². The van der Waals surface area contributed by atoms with Crippen molar-refractivity contribution in [1.29, 1.82) is 0 Å². The van der Waals surface area contributed by atoms with Crippen molar-refractivity contribution in [2.75, 3.05) is 6.61 Å². The zero-order chi connectivity index (χ0) is 16.4. The Hall–Kier alpha value is 0.829. The Morgan fingerprint density at radius 2 is 1.00 bits per heavy atom. The summed E-state index contributed by atoms with van der Waals surface area (Å²) in [5.74, 6) is 0. The van der Waals surface area contributed by atoms with E-state index in [1.807, 2.05) is 0 Å². The SMILES string of the molecule is CCCCCCCCCCCCCCCCCCOP1O[Se]O1. The molecule has 0 spiro atoms. The van der Waals surface area contributed by atoms with Gasteiger partial charge in [-0.15, -0.1) is 0 Å². The van der Waals surface area contributed by atoms with Crippen molar-refractivity contribution in [3.63, 3.8) is 0 Å². The number of unbranched alkanes of at least 4 members (excludes halogenated alkanes) is 15. The van der Waals surface area contributed by atoms with Gasteiger partial charge in [0, 0.05) is 0 Å². The van der Waals surface area contributed by atoms with Gasteiger partial charge in [0.25, 0.3) is 0 Å². The van der Waals surface area contributed by atoms with Crippen molar-refractivity contribution in [3.05, 3.63) is 0 Å². The normalized spacial score (nSPS) is 15.0. The van der Waals surface area contributed by atoms with Gasteiger partial charge in [-0.25, -0.2) is 0 Å². The average molecular weight is 411 g/mol. The van der Waals surface area contributed by atoms with Gasteiger partial charge in [0.2, 0.25) is 0 Å². The quantitative estimate of drug-likeness (QED) is 0.137. The Labute approximate surface area is 152 Å². The summed E-state index contributed by atoms with van der Waals surface area (Å²) in [4.78, 5) is 0. The van der Waals surface area contributed by atoms with E-state index < -0.39 is 8.60 Å². The van der Waals surface area contributed by atoms with Crippen LogP contribution in [0.4, 0.5) is 0 Å². The molecule has 0 bridgehead atoms. The van der Waals surface area contributed by atoms with E-state index >= 15 is 0 Å². The van der Waals surface area contributed by atoms with Crippen molar-refractivity contribution < 1.29 is 11.7 Å². The average Bonchev–Trinajstić information content (AvgIpc) is 2.52. The summed E-state index contributed by atoms with van der Waals surface area (Å²) in [5, 5.41) is 0. The van der Waals surface area contributed by atoms with E-state index in [1.54, 1.807) is 0 Å². The molecule has 1 saturated heterocycles. The predicted octanol–water partition coefficient (Wildman–Crippen LogP) is 7.07. The molecule has 0 aromatic carbocycles. The van der Waals surface area contributed by atoms with Crippen molar-refractivity contribution in [1.82, 2.24) is 0 Å².